The van der Waals surface area contributed by atoms with Gasteiger partial charge in [0.05, 0.1) is 16.1 Å². The molecule has 126 valence electrons. The Bertz CT molecular complexity index is 924. The Morgan fingerprint density at radius 2 is 1.96 bits per heavy atom. The molecule has 3 rings (SSSR count). The molecule has 24 heavy (non-hydrogen) atoms. The molecule has 1 heterocycles. The van der Waals surface area contributed by atoms with Crippen LogP contribution in [0.15, 0.2) is 41.3 Å². The summed E-state index contributed by atoms with van der Waals surface area (Å²) < 4.78 is 40.9. The second-order valence-electron chi connectivity index (χ2n) is 5.76. The van der Waals surface area contributed by atoms with Crippen LogP contribution in [0, 0.1) is 12.7 Å². The number of rotatable bonds is 3. The van der Waals surface area contributed by atoms with Crippen LogP contribution in [0.25, 0.3) is 0 Å². The van der Waals surface area contributed by atoms with E-state index < -0.39 is 27.4 Å². The molecular formula is C17H16FNO4S. The van der Waals surface area contributed by atoms with Crippen molar-refractivity contribution in [1.82, 2.24) is 0 Å². The molecule has 1 N–H and O–H groups in total. The molecule has 0 spiro atoms. The summed E-state index contributed by atoms with van der Waals surface area (Å²) >= 11 is 0. The Balaban J connectivity index is 2.07. The smallest absolute Gasteiger partial charge is 0.338 e. The van der Waals surface area contributed by atoms with E-state index in [-0.39, 0.29) is 4.90 Å². The average molecular weight is 349 g/mol. The van der Waals surface area contributed by atoms with Gasteiger partial charge in [-0.1, -0.05) is 17.7 Å². The minimum absolute atomic E-state index is 0.251. The number of sulfonamides is 1. The molecule has 0 amide bonds. The average Bonchev–Trinajstić information content (AvgIpc) is 2.53. The van der Waals surface area contributed by atoms with Crippen LogP contribution in [-0.4, -0.2) is 26.0 Å². The number of carboxylic acids is 1. The lowest BCUT2D eigenvalue weighted by Crippen LogP contribution is -2.35. The van der Waals surface area contributed by atoms with Crippen molar-refractivity contribution < 1.29 is 22.7 Å². The van der Waals surface area contributed by atoms with Gasteiger partial charge in [-0.2, -0.15) is 0 Å². The van der Waals surface area contributed by atoms with Crippen LogP contribution in [0.2, 0.25) is 0 Å². The molecule has 0 saturated carbocycles. The third-order valence-electron chi connectivity index (χ3n) is 4.07. The van der Waals surface area contributed by atoms with Crippen molar-refractivity contribution in [3.8, 4) is 0 Å². The maximum Gasteiger partial charge on any atom is 0.338 e. The van der Waals surface area contributed by atoms with E-state index >= 15 is 0 Å². The van der Waals surface area contributed by atoms with E-state index in [0.29, 0.717) is 18.7 Å². The topological polar surface area (TPSA) is 74.7 Å². The molecule has 2 aromatic rings. The zero-order valence-corrected chi connectivity index (χ0v) is 13.8. The first-order valence-corrected chi connectivity index (χ1v) is 8.90. The normalized spacial score (nSPS) is 14.3. The van der Waals surface area contributed by atoms with Crippen LogP contribution in [-0.2, 0) is 16.4 Å². The molecule has 0 saturated heterocycles. The third kappa shape index (κ3) is 2.75. The summed E-state index contributed by atoms with van der Waals surface area (Å²) in [5, 5.41) is 8.86. The molecule has 0 aromatic heterocycles. The highest BCUT2D eigenvalue weighted by atomic mass is 32.2. The monoisotopic (exact) mass is 349 g/mol. The van der Waals surface area contributed by atoms with Gasteiger partial charge in [0.2, 0.25) is 0 Å². The highest BCUT2D eigenvalue weighted by Gasteiger charge is 2.30. The zero-order chi connectivity index (χ0) is 17.5. The minimum Gasteiger partial charge on any atom is -0.478 e. The summed E-state index contributed by atoms with van der Waals surface area (Å²) in [6.45, 7) is 2.24. The Morgan fingerprint density at radius 3 is 2.62 bits per heavy atom. The first kappa shape index (κ1) is 16.4. The zero-order valence-electron chi connectivity index (χ0n) is 13.0. The maximum absolute atomic E-state index is 13.9. The van der Waals surface area contributed by atoms with Crippen LogP contribution >= 0.6 is 0 Å². The van der Waals surface area contributed by atoms with Crippen molar-refractivity contribution in [3.05, 3.63) is 58.9 Å². The highest BCUT2D eigenvalue weighted by Crippen LogP contribution is 2.32. The molecule has 0 aliphatic carbocycles. The third-order valence-corrected chi connectivity index (χ3v) is 5.88. The first-order valence-electron chi connectivity index (χ1n) is 7.46. The van der Waals surface area contributed by atoms with Crippen molar-refractivity contribution >= 4 is 21.7 Å². The fourth-order valence-electron chi connectivity index (χ4n) is 2.90. The van der Waals surface area contributed by atoms with E-state index in [2.05, 4.69) is 0 Å². The highest BCUT2D eigenvalue weighted by molar-refractivity contribution is 7.92. The number of halogens is 1. The molecule has 5 nitrogen and oxygen atoms in total. The van der Waals surface area contributed by atoms with Gasteiger partial charge in [-0.15, -0.1) is 0 Å². The molecule has 7 heteroatoms. The van der Waals surface area contributed by atoms with E-state index in [1.165, 1.54) is 4.31 Å². The van der Waals surface area contributed by atoms with Crippen LogP contribution in [0.3, 0.4) is 0 Å². The Kier molecular flexibility index (Phi) is 4.04. The standard InChI is InChI=1S/C17H16FNO4S/c1-11-4-7-16-12(9-11)3-2-8-19(16)24(22,23)13-5-6-14(17(20)21)15(18)10-13/h4-7,9-10H,2-3,8H2,1H3,(H,20,21). The summed E-state index contributed by atoms with van der Waals surface area (Å²) in [5.41, 5.74) is 2.02. The van der Waals surface area contributed by atoms with E-state index in [0.717, 1.165) is 35.7 Å². The van der Waals surface area contributed by atoms with Crippen molar-refractivity contribution in [1.29, 1.82) is 0 Å². The van der Waals surface area contributed by atoms with Crippen molar-refractivity contribution in [2.75, 3.05) is 10.8 Å². The SMILES string of the molecule is Cc1ccc2c(c1)CCCN2S(=O)(=O)c1ccc(C(=O)O)c(F)c1. The van der Waals surface area contributed by atoms with Gasteiger partial charge in [-0.25, -0.2) is 17.6 Å². The van der Waals surface area contributed by atoms with Crippen LogP contribution in [0.1, 0.15) is 27.9 Å². The molecule has 0 unspecified atom stereocenters. The summed E-state index contributed by atoms with van der Waals surface area (Å²) in [5.74, 6) is -2.50. The Labute approximate surface area is 139 Å². The second kappa shape index (κ2) is 5.90. The van der Waals surface area contributed by atoms with Gasteiger partial charge in [0.15, 0.2) is 0 Å². The predicted molar refractivity (Wildman–Crippen MR) is 87.4 cm³/mol. The molecule has 1 aliphatic rings. The molecule has 0 bridgehead atoms. The molecule has 0 radical (unpaired) electrons. The van der Waals surface area contributed by atoms with Crippen molar-refractivity contribution in [3.63, 3.8) is 0 Å². The lowest BCUT2D eigenvalue weighted by molar-refractivity contribution is 0.0691. The van der Waals surface area contributed by atoms with Gasteiger partial charge in [0.1, 0.15) is 5.82 Å². The van der Waals surface area contributed by atoms with Gasteiger partial charge < -0.3 is 5.11 Å². The maximum atomic E-state index is 13.9. The number of aromatic carboxylic acids is 1. The number of aryl methyl sites for hydroxylation is 2. The Hall–Kier alpha value is -2.41. The van der Waals surface area contributed by atoms with Crippen LogP contribution in [0.4, 0.5) is 10.1 Å². The number of nitrogens with zero attached hydrogens (tertiary/aromatic N) is 1. The number of benzene rings is 2. The van der Waals surface area contributed by atoms with E-state index in [4.69, 9.17) is 5.11 Å². The first-order chi connectivity index (χ1) is 11.3. The minimum atomic E-state index is -3.95. The number of hydrogen-bond donors (Lipinski definition) is 1. The lowest BCUT2D eigenvalue weighted by Gasteiger charge is -2.30. The van der Waals surface area contributed by atoms with Gasteiger partial charge in [0.25, 0.3) is 10.0 Å². The molecular weight excluding hydrogens is 333 g/mol. The molecule has 2 aromatic carbocycles. The van der Waals surface area contributed by atoms with Crippen molar-refractivity contribution in [2.24, 2.45) is 0 Å². The van der Waals surface area contributed by atoms with Crippen LogP contribution < -0.4 is 4.31 Å². The second-order valence-corrected chi connectivity index (χ2v) is 7.62. The number of fused-ring (bicyclic) bond motifs is 1. The Morgan fingerprint density at radius 1 is 1.21 bits per heavy atom. The van der Waals surface area contributed by atoms with Gasteiger partial charge in [-0.05, 0) is 49.6 Å². The quantitative estimate of drug-likeness (QED) is 0.924. The summed E-state index contributed by atoms with van der Waals surface area (Å²) in [6.07, 6.45) is 1.46. The van der Waals surface area contributed by atoms with E-state index in [1.54, 1.807) is 6.07 Å². The lowest BCUT2D eigenvalue weighted by atomic mass is 10.0. The molecule has 0 fully saturated rings. The summed E-state index contributed by atoms with van der Waals surface area (Å²) in [4.78, 5) is 10.6. The van der Waals surface area contributed by atoms with Gasteiger partial charge >= 0.3 is 5.97 Å². The fourth-order valence-corrected chi connectivity index (χ4v) is 4.45. The van der Waals surface area contributed by atoms with Crippen molar-refractivity contribution in [2.45, 2.75) is 24.7 Å². The predicted octanol–water partition coefficient (Wildman–Crippen LogP) is 2.97. The molecule has 1 aliphatic heterocycles. The summed E-state index contributed by atoms with van der Waals surface area (Å²) in [7, 11) is -3.95. The number of carboxylic acid groups (broad SMARTS) is 1. The van der Waals surface area contributed by atoms with Crippen LogP contribution in [0.5, 0.6) is 0 Å². The van der Waals surface area contributed by atoms with Gasteiger partial charge in [0, 0.05) is 6.54 Å². The number of anilines is 1. The molecule has 0 atom stereocenters. The largest absolute Gasteiger partial charge is 0.478 e. The summed E-state index contributed by atoms with van der Waals surface area (Å²) in [6, 6.07) is 8.41. The fraction of sp³-hybridized carbons (Fsp3) is 0.235. The number of carbonyl (C=O) groups is 1. The van der Waals surface area contributed by atoms with E-state index in [1.807, 2.05) is 19.1 Å². The number of hydrogen-bond acceptors (Lipinski definition) is 3. The van der Waals surface area contributed by atoms with E-state index in [9.17, 15) is 17.6 Å². The van der Waals surface area contributed by atoms with Gasteiger partial charge in [-0.3, -0.25) is 4.31 Å².